The van der Waals surface area contributed by atoms with Crippen molar-refractivity contribution < 1.29 is 4.79 Å². The molecule has 0 unspecified atom stereocenters. The maximum Gasteiger partial charge on any atom is 0.255 e. The number of carbonyl (C=O) groups excluding carboxylic acids is 1. The lowest BCUT2D eigenvalue weighted by Gasteiger charge is -2.29. The van der Waals surface area contributed by atoms with Crippen LogP contribution >= 0.6 is 0 Å². The minimum absolute atomic E-state index is 0.134. The Balaban J connectivity index is 1.32. The van der Waals surface area contributed by atoms with Crippen molar-refractivity contribution in [3.8, 4) is 11.4 Å². The summed E-state index contributed by atoms with van der Waals surface area (Å²) in [5, 5.41) is 11.3. The zero-order valence-electron chi connectivity index (χ0n) is 16.5. The van der Waals surface area contributed by atoms with Gasteiger partial charge in [0.15, 0.2) is 5.82 Å². The number of rotatable bonds is 4. The molecule has 4 aromatic rings. The maximum absolute atomic E-state index is 12.7. The van der Waals surface area contributed by atoms with Gasteiger partial charge in [0.2, 0.25) is 0 Å². The SMILES string of the molecule is O=C(Nc1cccc(N2CCCCC2)c1)c1ccc(-c2nnc3ncccn23)cc1. The molecule has 1 saturated heterocycles. The summed E-state index contributed by atoms with van der Waals surface area (Å²) in [6, 6.07) is 17.3. The Kier molecular flexibility index (Phi) is 4.85. The van der Waals surface area contributed by atoms with Crippen molar-refractivity contribution in [1.82, 2.24) is 19.6 Å². The summed E-state index contributed by atoms with van der Waals surface area (Å²) in [5.74, 6) is 1.10. The van der Waals surface area contributed by atoms with E-state index in [1.165, 1.54) is 19.3 Å². The molecular formula is C23H22N6O. The van der Waals surface area contributed by atoms with E-state index in [1.807, 2.05) is 47.0 Å². The number of fused-ring (bicyclic) bond motifs is 1. The van der Waals surface area contributed by atoms with E-state index in [2.05, 4.69) is 31.5 Å². The number of hydrogen-bond acceptors (Lipinski definition) is 5. The first-order chi connectivity index (χ1) is 14.8. The molecule has 7 heteroatoms. The summed E-state index contributed by atoms with van der Waals surface area (Å²) in [4.78, 5) is 19.3. The van der Waals surface area contributed by atoms with Crippen molar-refractivity contribution in [2.75, 3.05) is 23.3 Å². The lowest BCUT2D eigenvalue weighted by molar-refractivity contribution is 0.102. The lowest BCUT2D eigenvalue weighted by atomic mass is 10.1. The number of anilines is 2. The second kappa shape index (κ2) is 7.94. The molecule has 0 saturated carbocycles. The molecule has 5 rings (SSSR count). The van der Waals surface area contributed by atoms with Crippen LogP contribution in [0, 0.1) is 0 Å². The van der Waals surface area contributed by atoms with Crippen molar-refractivity contribution >= 4 is 23.1 Å². The number of nitrogens with zero attached hydrogens (tertiary/aromatic N) is 5. The number of benzene rings is 2. The van der Waals surface area contributed by atoms with Crippen LogP contribution in [0.2, 0.25) is 0 Å². The first-order valence-electron chi connectivity index (χ1n) is 10.2. The first-order valence-corrected chi connectivity index (χ1v) is 10.2. The number of aromatic nitrogens is 4. The number of amides is 1. The molecule has 0 aliphatic carbocycles. The van der Waals surface area contributed by atoms with Gasteiger partial charge >= 0.3 is 0 Å². The highest BCUT2D eigenvalue weighted by molar-refractivity contribution is 6.04. The highest BCUT2D eigenvalue weighted by atomic mass is 16.1. The minimum Gasteiger partial charge on any atom is -0.371 e. The Morgan fingerprint density at radius 1 is 0.933 bits per heavy atom. The Morgan fingerprint density at radius 3 is 2.60 bits per heavy atom. The van der Waals surface area contributed by atoms with Crippen LogP contribution in [0.4, 0.5) is 11.4 Å². The third-order valence-electron chi connectivity index (χ3n) is 5.42. The van der Waals surface area contributed by atoms with Crippen LogP contribution in [0.25, 0.3) is 17.2 Å². The van der Waals surface area contributed by atoms with Crippen LogP contribution in [-0.2, 0) is 0 Å². The number of piperidine rings is 1. The molecule has 7 nitrogen and oxygen atoms in total. The molecule has 2 aromatic heterocycles. The summed E-state index contributed by atoms with van der Waals surface area (Å²) in [6.07, 6.45) is 7.29. The normalized spacial score (nSPS) is 14.1. The third kappa shape index (κ3) is 3.61. The summed E-state index contributed by atoms with van der Waals surface area (Å²) >= 11 is 0. The van der Waals surface area contributed by atoms with Crippen LogP contribution < -0.4 is 10.2 Å². The topological polar surface area (TPSA) is 75.4 Å². The van der Waals surface area contributed by atoms with Gasteiger partial charge in [0.25, 0.3) is 11.7 Å². The van der Waals surface area contributed by atoms with Crippen LogP contribution in [-0.4, -0.2) is 38.6 Å². The average molecular weight is 398 g/mol. The molecule has 1 aliphatic heterocycles. The first kappa shape index (κ1) is 18.3. The van der Waals surface area contributed by atoms with E-state index in [-0.39, 0.29) is 5.91 Å². The van der Waals surface area contributed by atoms with Gasteiger partial charge in [-0.3, -0.25) is 9.20 Å². The molecule has 2 aromatic carbocycles. The van der Waals surface area contributed by atoms with Gasteiger partial charge in [-0.25, -0.2) is 4.98 Å². The van der Waals surface area contributed by atoms with Crippen molar-refractivity contribution in [2.45, 2.75) is 19.3 Å². The monoisotopic (exact) mass is 398 g/mol. The molecule has 1 aliphatic rings. The highest BCUT2D eigenvalue weighted by Gasteiger charge is 2.13. The number of nitrogens with one attached hydrogen (secondary N) is 1. The lowest BCUT2D eigenvalue weighted by Crippen LogP contribution is -2.29. The second-order valence-electron chi connectivity index (χ2n) is 7.44. The van der Waals surface area contributed by atoms with Gasteiger partial charge in [-0.2, -0.15) is 0 Å². The van der Waals surface area contributed by atoms with E-state index in [4.69, 9.17) is 0 Å². The molecule has 3 heterocycles. The molecular weight excluding hydrogens is 376 g/mol. The van der Waals surface area contributed by atoms with Crippen LogP contribution in [0.1, 0.15) is 29.6 Å². The fraction of sp³-hybridized carbons (Fsp3) is 0.217. The van der Waals surface area contributed by atoms with Gasteiger partial charge in [0, 0.05) is 48.0 Å². The number of hydrogen-bond donors (Lipinski definition) is 1. The molecule has 0 spiro atoms. The van der Waals surface area contributed by atoms with E-state index in [0.717, 1.165) is 30.0 Å². The van der Waals surface area contributed by atoms with Crippen molar-refractivity contribution in [3.63, 3.8) is 0 Å². The summed E-state index contributed by atoms with van der Waals surface area (Å²) in [6.45, 7) is 2.15. The molecule has 1 fully saturated rings. The third-order valence-corrected chi connectivity index (χ3v) is 5.42. The summed E-state index contributed by atoms with van der Waals surface area (Å²) in [7, 11) is 0. The Labute approximate surface area is 174 Å². The van der Waals surface area contributed by atoms with E-state index in [0.29, 0.717) is 17.2 Å². The molecule has 0 atom stereocenters. The van der Waals surface area contributed by atoms with Gasteiger partial charge in [0.05, 0.1) is 0 Å². The van der Waals surface area contributed by atoms with Crippen LogP contribution in [0.3, 0.4) is 0 Å². The molecule has 30 heavy (non-hydrogen) atoms. The van der Waals surface area contributed by atoms with E-state index < -0.39 is 0 Å². The van der Waals surface area contributed by atoms with Crippen molar-refractivity contribution in [2.24, 2.45) is 0 Å². The van der Waals surface area contributed by atoms with Crippen molar-refractivity contribution in [1.29, 1.82) is 0 Å². The van der Waals surface area contributed by atoms with Gasteiger partial charge in [-0.15, -0.1) is 10.2 Å². The average Bonchev–Trinajstić information content (AvgIpc) is 3.24. The highest BCUT2D eigenvalue weighted by Crippen LogP contribution is 2.24. The molecule has 150 valence electrons. The maximum atomic E-state index is 12.7. The second-order valence-corrected chi connectivity index (χ2v) is 7.44. The predicted molar refractivity (Wildman–Crippen MR) is 117 cm³/mol. The zero-order chi connectivity index (χ0) is 20.3. The van der Waals surface area contributed by atoms with E-state index in [9.17, 15) is 4.79 Å². The quantitative estimate of drug-likeness (QED) is 0.562. The van der Waals surface area contributed by atoms with Crippen molar-refractivity contribution in [3.05, 3.63) is 72.6 Å². The minimum atomic E-state index is -0.134. The Hall–Kier alpha value is -3.74. The Morgan fingerprint density at radius 2 is 1.77 bits per heavy atom. The standard InChI is InChI=1S/C23H22N6O/c30-22(25-19-6-4-7-20(16-19)28-13-2-1-3-14-28)18-10-8-17(9-11-18)21-26-27-23-24-12-5-15-29(21)23/h4-12,15-16H,1-3,13-14H2,(H,25,30). The predicted octanol–water partition coefficient (Wildman–Crippen LogP) is 4.03. The van der Waals surface area contributed by atoms with Gasteiger partial charge in [-0.05, 0) is 55.7 Å². The molecule has 1 amide bonds. The smallest absolute Gasteiger partial charge is 0.255 e. The fourth-order valence-corrected chi connectivity index (χ4v) is 3.85. The van der Waals surface area contributed by atoms with Gasteiger partial charge < -0.3 is 10.2 Å². The molecule has 0 bridgehead atoms. The fourth-order valence-electron chi connectivity index (χ4n) is 3.85. The summed E-state index contributed by atoms with van der Waals surface area (Å²) < 4.78 is 1.82. The van der Waals surface area contributed by atoms with Gasteiger partial charge in [0.1, 0.15) is 0 Å². The number of carbonyl (C=O) groups is 1. The Bertz CT molecular complexity index is 1180. The molecule has 0 radical (unpaired) electrons. The van der Waals surface area contributed by atoms with Gasteiger partial charge in [-0.1, -0.05) is 18.2 Å². The van der Waals surface area contributed by atoms with Crippen LogP contribution in [0.5, 0.6) is 0 Å². The summed E-state index contributed by atoms with van der Waals surface area (Å²) in [5.41, 5.74) is 3.44. The zero-order valence-corrected chi connectivity index (χ0v) is 16.5. The van der Waals surface area contributed by atoms with E-state index in [1.54, 1.807) is 18.3 Å². The van der Waals surface area contributed by atoms with E-state index >= 15 is 0 Å². The van der Waals surface area contributed by atoms with Crippen LogP contribution in [0.15, 0.2) is 67.0 Å². The molecule has 1 N–H and O–H groups in total. The largest absolute Gasteiger partial charge is 0.371 e.